The van der Waals surface area contributed by atoms with Gasteiger partial charge in [0, 0.05) is 29.8 Å². The van der Waals surface area contributed by atoms with Crippen molar-refractivity contribution in [3.05, 3.63) is 28.5 Å². The highest BCUT2D eigenvalue weighted by Gasteiger charge is 2.21. The van der Waals surface area contributed by atoms with Crippen LogP contribution in [0.15, 0.2) is 22.8 Å². The van der Waals surface area contributed by atoms with Crippen LogP contribution in [0.3, 0.4) is 0 Å². The number of morpholine rings is 1. The van der Waals surface area contributed by atoms with E-state index in [1.807, 2.05) is 12.3 Å². The van der Waals surface area contributed by atoms with Gasteiger partial charge in [0.05, 0.1) is 18.9 Å². The van der Waals surface area contributed by atoms with Gasteiger partial charge in [0.2, 0.25) is 0 Å². The predicted octanol–water partition coefficient (Wildman–Crippen LogP) is 2.45. The van der Waals surface area contributed by atoms with Crippen molar-refractivity contribution >= 4 is 15.9 Å². The van der Waals surface area contributed by atoms with Gasteiger partial charge in [-0.1, -0.05) is 6.92 Å². The Balaban J connectivity index is 1.99. The summed E-state index contributed by atoms with van der Waals surface area (Å²) in [6.07, 6.45) is 2.99. The molecule has 4 heteroatoms. The van der Waals surface area contributed by atoms with Crippen molar-refractivity contribution in [2.24, 2.45) is 0 Å². The number of nitrogens with zero attached hydrogens (tertiary/aromatic N) is 2. The standard InChI is InChI=1S/C12H17BrN2O/c1-2-12-9-16-6-5-15(12)8-11-4-3-10(13)7-14-11/h3-4,7,12H,2,5-6,8-9H2,1H3. The van der Waals surface area contributed by atoms with E-state index in [2.05, 4.69) is 38.8 Å². The Morgan fingerprint density at radius 3 is 3.12 bits per heavy atom. The smallest absolute Gasteiger partial charge is 0.0622 e. The van der Waals surface area contributed by atoms with E-state index in [9.17, 15) is 0 Å². The molecule has 0 N–H and O–H groups in total. The second-order valence-electron chi connectivity index (χ2n) is 4.08. The van der Waals surface area contributed by atoms with Gasteiger partial charge in [0.1, 0.15) is 0 Å². The van der Waals surface area contributed by atoms with Crippen molar-refractivity contribution in [3.8, 4) is 0 Å². The van der Waals surface area contributed by atoms with Gasteiger partial charge >= 0.3 is 0 Å². The quantitative estimate of drug-likeness (QED) is 0.853. The summed E-state index contributed by atoms with van der Waals surface area (Å²) in [5, 5.41) is 0. The van der Waals surface area contributed by atoms with Crippen LogP contribution in [0.25, 0.3) is 0 Å². The Hall–Kier alpha value is -0.450. The summed E-state index contributed by atoms with van der Waals surface area (Å²) < 4.78 is 6.52. The predicted molar refractivity (Wildman–Crippen MR) is 67.2 cm³/mol. The number of ether oxygens (including phenoxy) is 1. The van der Waals surface area contributed by atoms with E-state index >= 15 is 0 Å². The highest BCUT2D eigenvalue weighted by Crippen LogP contribution is 2.14. The molecular weight excluding hydrogens is 268 g/mol. The van der Waals surface area contributed by atoms with Crippen LogP contribution in [0, 0.1) is 0 Å². The third kappa shape index (κ3) is 3.03. The van der Waals surface area contributed by atoms with Crippen LogP contribution in [0.1, 0.15) is 19.0 Å². The number of rotatable bonds is 3. The molecule has 1 saturated heterocycles. The lowest BCUT2D eigenvalue weighted by atomic mass is 10.1. The zero-order chi connectivity index (χ0) is 11.4. The van der Waals surface area contributed by atoms with Gasteiger partial charge in [-0.05, 0) is 34.5 Å². The van der Waals surface area contributed by atoms with Gasteiger partial charge in [-0.25, -0.2) is 0 Å². The summed E-state index contributed by atoms with van der Waals surface area (Å²) in [5.41, 5.74) is 1.13. The van der Waals surface area contributed by atoms with Gasteiger partial charge in [-0.3, -0.25) is 9.88 Å². The van der Waals surface area contributed by atoms with Crippen LogP contribution in [0.2, 0.25) is 0 Å². The fraction of sp³-hybridized carbons (Fsp3) is 0.583. The van der Waals surface area contributed by atoms with Crippen LogP contribution in [0.5, 0.6) is 0 Å². The molecule has 1 fully saturated rings. The first-order chi connectivity index (χ1) is 7.79. The summed E-state index contributed by atoms with van der Waals surface area (Å²) in [7, 11) is 0. The molecule has 1 unspecified atom stereocenters. The van der Waals surface area contributed by atoms with Crippen LogP contribution in [-0.4, -0.2) is 35.7 Å². The zero-order valence-corrected chi connectivity index (χ0v) is 11.1. The molecule has 0 bridgehead atoms. The topological polar surface area (TPSA) is 25.4 Å². The van der Waals surface area contributed by atoms with E-state index in [4.69, 9.17) is 4.74 Å². The van der Waals surface area contributed by atoms with Crippen LogP contribution in [-0.2, 0) is 11.3 Å². The minimum absolute atomic E-state index is 0.541. The normalized spacial score (nSPS) is 22.2. The van der Waals surface area contributed by atoms with Gasteiger partial charge < -0.3 is 4.74 Å². The van der Waals surface area contributed by atoms with Crippen LogP contribution >= 0.6 is 15.9 Å². The first-order valence-corrected chi connectivity index (χ1v) is 6.51. The highest BCUT2D eigenvalue weighted by molar-refractivity contribution is 9.10. The summed E-state index contributed by atoms with van der Waals surface area (Å²) in [6, 6.07) is 4.66. The highest BCUT2D eigenvalue weighted by atomic mass is 79.9. The van der Waals surface area contributed by atoms with Crippen molar-refractivity contribution in [1.29, 1.82) is 0 Å². The Morgan fingerprint density at radius 1 is 1.56 bits per heavy atom. The molecule has 1 aliphatic heterocycles. The molecule has 0 radical (unpaired) electrons. The van der Waals surface area contributed by atoms with E-state index in [-0.39, 0.29) is 0 Å². The number of halogens is 1. The largest absolute Gasteiger partial charge is 0.378 e. The monoisotopic (exact) mass is 284 g/mol. The molecular formula is C12H17BrN2O. The average Bonchev–Trinajstić information content (AvgIpc) is 2.33. The Kier molecular flexibility index (Phi) is 4.32. The molecule has 88 valence electrons. The molecule has 2 rings (SSSR count). The third-order valence-corrected chi connectivity index (χ3v) is 3.44. The van der Waals surface area contributed by atoms with Gasteiger partial charge in [-0.15, -0.1) is 0 Å². The summed E-state index contributed by atoms with van der Waals surface area (Å²) in [6.45, 7) is 5.84. The van der Waals surface area contributed by atoms with Crippen LogP contribution < -0.4 is 0 Å². The van der Waals surface area contributed by atoms with E-state index in [1.54, 1.807) is 0 Å². The molecule has 3 nitrogen and oxygen atoms in total. The van der Waals surface area contributed by atoms with Gasteiger partial charge in [0.25, 0.3) is 0 Å². The number of hydrogen-bond acceptors (Lipinski definition) is 3. The minimum Gasteiger partial charge on any atom is -0.378 e. The molecule has 0 aromatic carbocycles. The van der Waals surface area contributed by atoms with Crippen molar-refractivity contribution in [2.75, 3.05) is 19.8 Å². The molecule has 16 heavy (non-hydrogen) atoms. The lowest BCUT2D eigenvalue weighted by Crippen LogP contribution is -2.44. The van der Waals surface area contributed by atoms with E-state index < -0.39 is 0 Å². The van der Waals surface area contributed by atoms with Crippen molar-refractivity contribution in [3.63, 3.8) is 0 Å². The van der Waals surface area contributed by atoms with Gasteiger partial charge in [-0.2, -0.15) is 0 Å². The fourth-order valence-electron chi connectivity index (χ4n) is 1.98. The van der Waals surface area contributed by atoms with E-state index in [0.717, 1.165) is 42.9 Å². The van der Waals surface area contributed by atoms with E-state index in [0.29, 0.717) is 6.04 Å². The molecule has 1 atom stereocenters. The molecule has 1 aromatic heterocycles. The van der Waals surface area contributed by atoms with Crippen molar-refractivity contribution in [1.82, 2.24) is 9.88 Å². The summed E-state index contributed by atoms with van der Waals surface area (Å²) in [5.74, 6) is 0. The molecule has 0 aliphatic carbocycles. The van der Waals surface area contributed by atoms with Crippen LogP contribution in [0.4, 0.5) is 0 Å². The number of aromatic nitrogens is 1. The molecule has 2 heterocycles. The Labute approximate surface area is 105 Å². The number of hydrogen-bond donors (Lipinski definition) is 0. The second kappa shape index (κ2) is 5.75. The van der Waals surface area contributed by atoms with E-state index in [1.165, 1.54) is 0 Å². The molecule has 0 amide bonds. The molecule has 1 aromatic rings. The Bertz CT molecular complexity index is 328. The molecule has 0 spiro atoms. The summed E-state index contributed by atoms with van der Waals surface area (Å²) in [4.78, 5) is 6.87. The maximum atomic E-state index is 5.49. The van der Waals surface area contributed by atoms with Crippen molar-refractivity contribution in [2.45, 2.75) is 25.9 Å². The third-order valence-electron chi connectivity index (χ3n) is 2.97. The lowest BCUT2D eigenvalue weighted by molar-refractivity contribution is -0.0132. The molecule has 0 saturated carbocycles. The summed E-state index contributed by atoms with van der Waals surface area (Å²) >= 11 is 3.40. The fourth-order valence-corrected chi connectivity index (χ4v) is 2.22. The molecule has 1 aliphatic rings. The first-order valence-electron chi connectivity index (χ1n) is 5.72. The van der Waals surface area contributed by atoms with Crippen molar-refractivity contribution < 1.29 is 4.74 Å². The first kappa shape index (κ1) is 12.0. The lowest BCUT2D eigenvalue weighted by Gasteiger charge is -2.34. The SMILES string of the molecule is CCC1COCCN1Cc1ccc(Br)cn1. The number of pyridine rings is 1. The Morgan fingerprint density at radius 2 is 2.44 bits per heavy atom. The average molecular weight is 285 g/mol. The maximum absolute atomic E-state index is 5.49. The maximum Gasteiger partial charge on any atom is 0.0622 e. The minimum atomic E-state index is 0.541. The van der Waals surface area contributed by atoms with Gasteiger partial charge in [0.15, 0.2) is 0 Å². The second-order valence-corrected chi connectivity index (χ2v) is 4.99. The zero-order valence-electron chi connectivity index (χ0n) is 9.53.